The van der Waals surface area contributed by atoms with Crippen LogP contribution in [0.15, 0.2) is 48.5 Å². The Bertz CT molecular complexity index is 1050. The van der Waals surface area contributed by atoms with Crippen LogP contribution in [0.25, 0.3) is 5.57 Å². The van der Waals surface area contributed by atoms with Crippen molar-refractivity contribution in [2.75, 3.05) is 47.1 Å². The van der Waals surface area contributed by atoms with Crippen molar-refractivity contribution < 1.29 is 28.8 Å². The van der Waals surface area contributed by atoms with E-state index < -0.39 is 6.10 Å². The highest BCUT2D eigenvalue weighted by atomic mass is 16.5. The van der Waals surface area contributed by atoms with Crippen LogP contribution in [-0.2, 0) is 32.2 Å². The van der Waals surface area contributed by atoms with Gasteiger partial charge in [-0.15, -0.1) is 0 Å². The first-order chi connectivity index (χ1) is 18.4. The molecule has 3 atom stereocenters. The molecule has 7 nitrogen and oxygen atoms in total. The number of ether oxygens (including phenoxy) is 5. The third-order valence-electron chi connectivity index (χ3n) is 7.12. The fourth-order valence-corrected chi connectivity index (χ4v) is 5.28. The van der Waals surface area contributed by atoms with Gasteiger partial charge in [0.05, 0.1) is 38.6 Å². The van der Waals surface area contributed by atoms with Crippen LogP contribution in [-0.4, -0.2) is 70.0 Å². The fourth-order valence-electron chi connectivity index (χ4n) is 5.28. The molecular weight excluding hydrogens is 482 g/mol. The number of hydrogen-bond donors (Lipinski definition) is 2. The maximum absolute atomic E-state index is 10.9. The van der Waals surface area contributed by atoms with Gasteiger partial charge in [0.1, 0.15) is 11.4 Å². The number of piperidine rings is 1. The van der Waals surface area contributed by atoms with E-state index in [0.29, 0.717) is 39.5 Å². The summed E-state index contributed by atoms with van der Waals surface area (Å²) in [6, 6.07) is 14.6. The summed E-state index contributed by atoms with van der Waals surface area (Å²) in [5.41, 5.74) is 5.34. The van der Waals surface area contributed by atoms with Gasteiger partial charge in [-0.05, 0) is 67.2 Å². The second-order valence-corrected chi connectivity index (χ2v) is 10.7. The third-order valence-corrected chi connectivity index (χ3v) is 7.12. The lowest BCUT2D eigenvalue weighted by Gasteiger charge is -2.36. The van der Waals surface area contributed by atoms with Gasteiger partial charge in [0, 0.05) is 45.4 Å². The molecule has 2 aliphatic heterocycles. The van der Waals surface area contributed by atoms with Gasteiger partial charge < -0.3 is 34.1 Å². The number of aliphatic hydroxyl groups is 1. The summed E-state index contributed by atoms with van der Waals surface area (Å²) >= 11 is 0. The van der Waals surface area contributed by atoms with E-state index in [2.05, 4.69) is 67.7 Å². The van der Waals surface area contributed by atoms with Crippen molar-refractivity contribution in [1.29, 1.82) is 0 Å². The third kappa shape index (κ3) is 7.65. The number of β-amino-alcohol motifs (C(OH)–C–C–N with tert-alkyl or cyclic N) is 1. The first-order valence-electron chi connectivity index (χ1n) is 13.6. The average molecular weight is 526 g/mol. The predicted octanol–water partition coefficient (Wildman–Crippen LogP) is 4.46. The molecular formula is C31H43NO6. The molecule has 7 heteroatoms. The number of hydrogen-bond acceptors (Lipinski definition) is 7. The molecule has 2 N–H and O–H groups in total. The Labute approximate surface area is 227 Å². The van der Waals surface area contributed by atoms with Crippen molar-refractivity contribution >= 4 is 5.57 Å². The smallest absolute Gasteiger partial charge is 0.128 e. The molecule has 3 unspecified atom stereocenters. The van der Waals surface area contributed by atoms with Gasteiger partial charge in [-0.2, -0.15) is 0 Å². The SMILES string of the molecule is COCCCC1=CC(C)(C)Oc2ccc(COC3CNCC(O)C3c3ccc(COCCOC)cc3)cc21. The average Bonchev–Trinajstić information content (AvgIpc) is 2.90. The zero-order valence-corrected chi connectivity index (χ0v) is 23.2. The van der Waals surface area contributed by atoms with Crippen molar-refractivity contribution in [3.8, 4) is 5.75 Å². The Balaban J connectivity index is 1.43. The standard InChI is InChI=1S/C31H43NO6/c1-31(2)17-25(6-5-13-34-3)26-16-23(9-12-28(26)38-31)21-37-29-19-32-18-27(33)30(29)24-10-7-22(8-11-24)20-36-15-14-35-4/h7-12,16-17,27,29-30,32-33H,5-6,13-15,18-21H2,1-4H3. The second-order valence-electron chi connectivity index (χ2n) is 10.7. The minimum Gasteiger partial charge on any atom is -0.483 e. The summed E-state index contributed by atoms with van der Waals surface area (Å²) in [5.74, 6) is 0.804. The first kappa shape index (κ1) is 28.7. The van der Waals surface area contributed by atoms with Crippen LogP contribution in [0.3, 0.4) is 0 Å². The Hall–Kier alpha value is -2.26. The molecule has 2 aromatic rings. The van der Waals surface area contributed by atoms with Gasteiger partial charge in [0.2, 0.25) is 0 Å². The lowest BCUT2D eigenvalue weighted by atomic mass is 9.85. The van der Waals surface area contributed by atoms with Crippen LogP contribution in [0.2, 0.25) is 0 Å². The van der Waals surface area contributed by atoms with Crippen LogP contribution in [0.1, 0.15) is 54.9 Å². The zero-order chi connectivity index (χ0) is 27.0. The molecule has 2 heterocycles. The molecule has 38 heavy (non-hydrogen) atoms. The van der Waals surface area contributed by atoms with Crippen molar-refractivity contribution in [1.82, 2.24) is 5.32 Å². The molecule has 4 rings (SSSR count). The predicted molar refractivity (Wildman–Crippen MR) is 148 cm³/mol. The number of allylic oxidation sites excluding steroid dienone is 1. The van der Waals surface area contributed by atoms with E-state index in [1.165, 1.54) is 5.57 Å². The maximum Gasteiger partial charge on any atom is 0.128 e. The highest BCUT2D eigenvalue weighted by Crippen LogP contribution is 2.39. The molecule has 1 fully saturated rings. The maximum atomic E-state index is 10.9. The van der Waals surface area contributed by atoms with Crippen molar-refractivity contribution in [3.05, 3.63) is 70.8 Å². The van der Waals surface area contributed by atoms with E-state index in [9.17, 15) is 5.11 Å². The van der Waals surface area contributed by atoms with Crippen molar-refractivity contribution in [3.63, 3.8) is 0 Å². The van der Waals surface area contributed by atoms with Gasteiger partial charge in [0.25, 0.3) is 0 Å². The molecule has 208 valence electrons. The van der Waals surface area contributed by atoms with E-state index in [1.54, 1.807) is 14.2 Å². The normalized spacial score (nSPS) is 22.4. The molecule has 0 aliphatic carbocycles. The molecule has 2 aromatic carbocycles. The summed E-state index contributed by atoms with van der Waals surface area (Å²) in [5, 5.41) is 14.2. The molecule has 0 saturated carbocycles. The molecule has 0 amide bonds. The Morgan fingerprint density at radius 1 is 0.947 bits per heavy atom. The van der Waals surface area contributed by atoms with E-state index in [0.717, 1.165) is 47.5 Å². The van der Waals surface area contributed by atoms with Crippen LogP contribution in [0, 0.1) is 0 Å². The molecule has 0 radical (unpaired) electrons. The largest absolute Gasteiger partial charge is 0.483 e. The zero-order valence-electron chi connectivity index (χ0n) is 23.2. The lowest BCUT2D eigenvalue weighted by molar-refractivity contribution is -0.0328. The van der Waals surface area contributed by atoms with Gasteiger partial charge >= 0.3 is 0 Å². The number of nitrogens with one attached hydrogen (secondary N) is 1. The highest BCUT2D eigenvalue weighted by molar-refractivity contribution is 5.74. The molecule has 2 aliphatic rings. The van der Waals surface area contributed by atoms with E-state index in [4.69, 9.17) is 23.7 Å². The summed E-state index contributed by atoms with van der Waals surface area (Å²) in [4.78, 5) is 0. The summed E-state index contributed by atoms with van der Waals surface area (Å²) in [7, 11) is 3.41. The summed E-state index contributed by atoms with van der Waals surface area (Å²) < 4.78 is 28.6. The van der Waals surface area contributed by atoms with Crippen molar-refractivity contribution in [2.45, 2.75) is 63.6 Å². The monoisotopic (exact) mass is 525 g/mol. The topological polar surface area (TPSA) is 78.4 Å². The lowest BCUT2D eigenvalue weighted by Crippen LogP contribution is -2.49. The van der Waals surface area contributed by atoms with Gasteiger partial charge in [-0.3, -0.25) is 0 Å². The minimum absolute atomic E-state index is 0.106. The Morgan fingerprint density at radius 2 is 1.71 bits per heavy atom. The minimum atomic E-state index is -0.521. The van der Waals surface area contributed by atoms with E-state index >= 15 is 0 Å². The number of benzene rings is 2. The number of fused-ring (bicyclic) bond motifs is 1. The van der Waals surface area contributed by atoms with Crippen molar-refractivity contribution in [2.24, 2.45) is 0 Å². The van der Waals surface area contributed by atoms with Crippen LogP contribution in [0.4, 0.5) is 0 Å². The van der Waals surface area contributed by atoms with Crippen LogP contribution in [0.5, 0.6) is 5.75 Å². The van der Waals surface area contributed by atoms with Gasteiger partial charge in [0.15, 0.2) is 0 Å². The summed E-state index contributed by atoms with van der Waals surface area (Å²) in [6.45, 7) is 8.30. The summed E-state index contributed by atoms with van der Waals surface area (Å²) in [6.07, 6.45) is 3.45. The Kier molecular flexibility index (Phi) is 10.4. The quantitative estimate of drug-likeness (QED) is 0.374. The fraction of sp³-hybridized carbons (Fsp3) is 0.548. The highest BCUT2D eigenvalue weighted by Gasteiger charge is 2.34. The first-order valence-corrected chi connectivity index (χ1v) is 13.6. The second kappa shape index (κ2) is 13.7. The van der Waals surface area contributed by atoms with Crippen LogP contribution < -0.4 is 10.1 Å². The molecule has 0 bridgehead atoms. The van der Waals surface area contributed by atoms with Gasteiger partial charge in [-0.1, -0.05) is 30.3 Å². The Morgan fingerprint density at radius 3 is 2.47 bits per heavy atom. The number of methoxy groups -OCH3 is 2. The van der Waals surface area contributed by atoms with E-state index in [1.807, 2.05) is 0 Å². The molecule has 0 aromatic heterocycles. The number of rotatable bonds is 13. The van der Waals surface area contributed by atoms with Gasteiger partial charge in [-0.25, -0.2) is 0 Å². The number of aliphatic hydroxyl groups excluding tert-OH is 1. The molecule has 0 spiro atoms. The van der Waals surface area contributed by atoms with E-state index in [-0.39, 0.29) is 17.6 Å². The molecule has 1 saturated heterocycles. The van der Waals surface area contributed by atoms with Crippen LogP contribution >= 0.6 is 0 Å².